The van der Waals surface area contributed by atoms with E-state index in [4.69, 9.17) is 5.73 Å². The molecule has 1 aromatic rings. The molecular weight excluding hydrogens is 238 g/mol. The van der Waals surface area contributed by atoms with E-state index in [2.05, 4.69) is 48.0 Å². The van der Waals surface area contributed by atoms with Crippen LogP contribution in [0.1, 0.15) is 45.1 Å². The third kappa shape index (κ3) is 3.15. The predicted octanol–water partition coefficient (Wildman–Crippen LogP) is 2.08. The first kappa shape index (κ1) is 14.1. The first-order valence-corrected chi connectivity index (χ1v) is 7.06. The van der Waals surface area contributed by atoms with Gasteiger partial charge in [0.25, 0.3) is 0 Å². The number of nitrogens with two attached hydrogens (primary N) is 1. The lowest BCUT2D eigenvalue weighted by molar-refractivity contribution is 0.190. The second-order valence-corrected chi connectivity index (χ2v) is 5.87. The normalized spacial score (nSPS) is 24.7. The lowest BCUT2D eigenvalue weighted by Crippen LogP contribution is -2.42. The Morgan fingerprint density at radius 2 is 2.16 bits per heavy atom. The Morgan fingerprint density at radius 3 is 2.79 bits per heavy atom. The lowest BCUT2D eigenvalue weighted by atomic mass is 9.98. The van der Waals surface area contributed by atoms with Gasteiger partial charge in [0, 0.05) is 24.2 Å². The Morgan fingerprint density at radius 1 is 1.42 bits per heavy atom. The molecular formula is C14H25N5. The van der Waals surface area contributed by atoms with Gasteiger partial charge in [-0.25, -0.2) is 9.97 Å². The van der Waals surface area contributed by atoms with E-state index < -0.39 is 0 Å². The Balaban J connectivity index is 2.13. The smallest absolute Gasteiger partial charge is 0.135 e. The highest BCUT2D eigenvalue weighted by molar-refractivity contribution is 5.57. The number of nitrogens with one attached hydrogen (secondary N) is 1. The summed E-state index contributed by atoms with van der Waals surface area (Å²) in [5.41, 5.74) is 7.01. The minimum absolute atomic E-state index is 0.326. The van der Waals surface area contributed by atoms with Gasteiger partial charge in [0.15, 0.2) is 0 Å². The zero-order chi connectivity index (χ0) is 14.0. The summed E-state index contributed by atoms with van der Waals surface area (Å²) in [5, 5.41) is 3.56. The molecule has 1 aliphatic rings. The molecule has 0 aromatic carbocycles. The monoisotopic (exact) mass is 263 g/mol. The molecule has 0 aliphatic carbocycles. The highest BCUT2D eigenvalue weighted by atomic mass is 15.2. The third-order valence-corrected chi connectivity index (χ3v) is 4.04. The number of likely N-dealkylation sites (tertiary alicyclic amines) is 1. The van der Waals surface area contributed by atoms with Gasteiger partial charge in [-0.2, -0.15) is 0 Å². The molecule has 0 saturated carbocycles. The summed E-state index contributed by atoms with van der Waals surface area (Å²) < 4.78 is 0. The summed E-state index contributed by atoms with van der Waals surface area (Å²) >= 11 is 0. The maximum Gasteiger partial charge on any atom is 0.135 e. The van der Waals surface area contributed by atoms with E-state index in [-0.39, 0.29) is 0 Å². The minimum atomic E-state index is 0.326. The van der Waals surface area contributed by atoms with Gasteiger partial charge >= 0.3 is 0 Å². The summed E-state index contributed by atoms with van der Waals surface area (Å²) in [6.07, 6.45) is 3.82. The summed E-state index contributed by atoms with van der Waals surface area (Å²) in [6.45, 7) is 7.64. The average molecular weight is 263 g/mol. The molecule has 2 atom stereocenters. The summed E-state index contributed by atoms with van der Waals surface area (Å²) in [6, 6.07) is 1.07. The van der Waals surface area contributed by atoms with Crippen molar-refractivity contribution in [3.63, 3.8) is 0 Å². The molecule has 2 rings (SSSR count). The van der Waals surface area contributed by atoms with E-state index in [0.29, 0.717) is 23.8 Å². The van der Waals surface area contributed by atoms with Crippen LogP contribution in [0.15, 0.2) is 6.33 Å². The molecule has 5 nitrogen and oxygen atoms in total. The van der Waals surface area contributed by atoms with Crippen LogP contribution in [0, 0.1) is 0 Å². The van der Waals surface area contributed by atoms with Crippen LogP contribution in [-0.4, -0.2) is 40.5 Å². The Kier molecular flexibility index (Phi) is 4.24. The largest absolute Gasteiger partial charge is 0.383 e. The lowest BCUT2D eigenvalue weighted by Gasteiger charge is -2.36. The van der Waals surface area contributed by atoms with E-state index in [0.717, 1.165) is 30.8 Å². The molecule has 1 saturated heterocycles. The third-order valence-electron chi connectivity index (χ3n) is 4.04. The van der Waals surface area contributed by atoms with Crippen molar-refractivity contribution in [1.82, 2.24) is 14.9 Å². The predicted molar refractivity (Wildman–Crippen MR) is 79.3 cm³/mol. The second-order valence-electron chi connectivity index (χ2n) is 5.87. The van der Waals surface area contributed by atoms with Gasteiger partial charge in [-0.3, -0.25) is 0 Å². The van der Waals surface area contributed by atoms with Crippen LogP contribution >= 0.6 is 0 Å². The number of aromatic nitrogens is 2. The second kappa shape index (κ2) is 5.74. The number of rotatable bonds is 3. The number of anilines is 2. The number of hydrogen-bond acceptors (Lipinski definition) is 5. The Bertz CT molecular complexity index is 432. The summed E-state index contributed by atoms with van der Waals surface area (Å²) in [4.78, 5) is 10.9. The topological polar surface area (TPSA) is 67.1 Å². The van der Waals surface area contributed by atoms with Crippen LogP contribution in [0.5, 0.6) is 0 Å². The summed E-state index contributed by atoms with van der Waals surface area (Å²) in [5.74, 6) is 1.82. The van der Waals surface area contributed by atoms with Crippen molar-refractivity contribution in [3.05, 3.63) is 11.9 Å². The van der Waals surface area contributed by atoms with Gasteiger partial charge in [0.1, 0.15) is 18.0 Å². The minimum Gasteiger partial charge on any atom is -0.383 e. The maximum atomic E-state index is 5.98. The first-order chi connectivity index (χ1) is 8.99. The van der Waals surface area contributed by atoms with Crippen LogP contribution in [0.25, 0.3) is 0 Å². The van der Waals surface area contributed by atoms with E-state index in [1.165, 1.54) is 0 Å². The molecule has 3 N–H and O–H groups in total. The molecule has 1 fully saturated rings. The van der Waals surface area contributed by atoms with E-state index in [1.807, 2.05) is 0 Å². The highest BCUT2D eigenvalue weighted by Crippen LogP contribution is 2.28. The molecule has 0 radical (unpaired) electrons. The fourth-order valence-corrected chi connectivity index (χ4v) is 2.71. The number of nitrogen functional groups attached to an aromatic ring is 1. The zero-order valence-corrected chi connectivity index (χ0v) is 12.3. The molecule has 0 amide bonds. The van der Waals surface area contributed by atoms with E-state index >= 15 is 0 Å². The molecule has 5 heteroatoms. The van der Waals surface area contributed by atoms with Crippen LogP contribution in [0.4, 0.5) is 11.6 Å². The molecule has 2 heterocycles. The van der Waals surface area contributed by atoms with Crippen LogP contribution in [0.3, 0.4) is 0 Å². The van der Waals surface area contributed by atoms with Crippen molar-refractivity contribution in [1.29, 1.82) is 0 Å². The van der Waals surface area contributed by atoms with Crippen molar-refractivity contribution in [2.75, 3.05) is 24.6 Å². The molecule has 19 heavy (non-hydrogen) atoms. The first-order valence-electron chi connectivity index (χ1n) is 7.06. The Hall–Kier alpha value is -1.36. The SMILES string of the molecule is CC(C)c1c(N)ncnc1NC1CCN(C)C(C)C1. The van der Waals surface area contributed by atoms with Gasteiger partial charge < -0.3 is 16.0 Å². The average Bonchev–Trinajstić information content (AvgIpc) is 2.33. The van der Waals surface area contributed by atoms with Crippen LogP contribution < -0.4 is 11.1 Å². The summed E-state index contributed by atoms with van der Waals surface area (Å²) in [7, 11) is 2.18. The number of hydrogen-bond donors (Lipinski definition) is 2. The maximum absolute atomic E-state index is 5.98. The van der Waals surface area contributed by atoms with E-state index in [9.17, 15) is 0 Å². The van der Waals surface area contributed by atoms with Gasteiger partial charge in [-0.15, -0.1) is 0 Å². The van der Waals surface area contributed by atoms with Crippen molar-refractivity contribution in [2.24, 2.45) is 0 Å². The standard InChI is InChI=1S/C14H25N5/c1-9(2)12-13(15)16-8-17-14(12)18-11-5-6-19(4)10(3)7-11/h8-11H,5-7H2,1-4H3,(H3,15,16,17,18). The van der Waals surface area contributed by atoms with E-state index in [1.54, 1.807) is 6.33 Å². The van der Waals surface area contributed by atoms with Gasteiger partial charge in [-0.05, 0) is 32.7 Å². The quantitative estimate of drug-likeness (QED) is 0.874. The van der Waals surface area contributed by atoms with Crippen LogP contribution in [0.2, 0.25) is 0 Å². The number of nitrogens with zero attached hydrogens (tertiary/aromatic N) is 3. The van der Waals surface area contributed by atoms with Crippen molar-refractivity contribution in [3.8, 4) is 0 Å². The number of piperidine rings is 1. The fourth-order valence-electron chi connectivity index (χ4n) is 2.71. The molecule has 106 valence electrons. The van der Waals surface area contributed by atoms with Crippen LogP contribution in [-0.2, 0) is 0 Å². The molecule has 0 spiro atoms. The highest BCUT2D eigenvalue weighted by Gasteiger charge is 2.24. The Labute approximate surface area is 115 Å². The molecule has 1 aliphatic heterocycles. The zero-order valence-electron chi connectivity index (χ0n) is 12.3. The van der Waals surface area contributed by atoms with Crippen molar-refractivity contribution < 1.29 is 0 Å². The van der Waals surface area contributed by atoms with Crippen molar-refractivity contribution in [2.45, 2.75) is 51.6 Å². The van der Waals surface area contributed by atoms with Gasteiger partial charge in [0.05, 0.1) is 0 Å². The molecule has 0 bridgehead atoms. The van der Waals surface area contributed by atoms with Crippen molar-refractivity contribution >= 4 is 11.6 Å². The fraction of sp³-hybridized carbons (Fsp3) is 0.714. The van der Waals surface area contributed by atoms with Gasteiger partial charge in [0.2, 0.25) is 0 Å². The molecule has 1 aromatic heterocycles. The molecule has 2 unspecified atom stereocenters. The van der Waals surface area contributed by atoms with Gasteiger partial charge in [-0.1, -0.05) is 13.8 Å².